The van der Waals surface area contributed by atoms with Crippen molar-refractivity contribution in [1.82, 2.24) is 0 Å². The number of carboxylic acid groups (broad SMARTS) is 1. The summed E-state index contributed by atoms with van der Waals surface area (Å²) in [5.74, 6) is -5.67. The number of rotatable bonds is 1. The summed E-state index contributed by atoms with van der Waals surface area (Å²) in [5, 5.41) is 7.50. The highest BCUT2D eigenvalue weighted by Gasteiger charge is 2.31. The highest BCUT2D eigenvalue weighted by atomic mass is 127. The van der Waals surface area contributed by atoms with E-state index in [0.29, 0.717) is 6.92 Å². The van der Waals surface area contributed by atoms with Crippen molar-refractivity contribution in [3.05, 3.63) is 0 Å². The first-order valence-corrected chi connectivity index (χ1v) is 2.98. The van der Waals surface area contributed by atoms with Crippen LogP contribution in [0, 0.1) is 0 Å². The summed E-state index contributed by atoms with van der Waals surface area (Å²) >= 11 is 0. The van der Waals surface area contributed by atoms with E-state index in [1.807, 2.05) is 0 Å². The maximum atomic E-state index is 11.2. The zero-order chi connectivity index (χ0) is 12.4. The fourth-order valence-electron chi connectivity index (χ4n) is 0. The summed E-state index contributed by atoms with van der Waals surface area (Å²) in [5.41, 5.74) is 0. The molecule has 0 saturated carbocycles. The Morgan fingerprint density at radius 2 is 1.38 bits per heavy atom. The Hall–Kier alpha value is -0.740. The molecule has 0 aliphatic carbocycles. The molecule has 0 saturated heterocycles. The minimum atomic E-state index is -3.58. The third kappa shape index (κ3) is 72.0. The fraction of sp³-hybridized carbons (Fsp3) is 0.667. The molecule has 0 radical (unpaired) electrons. The molecule has 0 aromatic heterocycles. The third-order valence-corrected chi connectivity index (χ3v) is 0.376. The molecule has 0 rings (SSSR count). The van der Waals surface area contributed by atoms with E-state index < -0.39 is 18.3 Å². The van der Waals surface area contributed by atoms with Gasteiger partial charge in [-0.15, -0.1) is 24.0 Å². The molecule has 0 atom stereocenters. The topological polar surface area (TPSA) is 103 Å². The van der Waals surface area contributed by atoms with Crippen LogP contribution in [-0.4, -0.2) is 35.1 Å². The second-order valence-electron chi connectivity index (χ2n) is 1.80. The first kappa shape index (κ1) is 29.5. The number of hydrogen-bond donors (Lipinski definition) is 1. The van der Waals surface area contributed by atoms with Crippen LogP contribution in [0.1, 0.15) is 13.8 Å². The molecule has 0 aliphatic rings. The number of aliphatic carboxylic acids is 1. The molecule has 16 heavy (non-hydrogen) atoms. The van der Waals surface area contributed by atoms with Crippen LogP contribution in [0.4, 0.5) is 17.6 Å². The highest BCUT2D eigenvalue weighted by Crippen LogP contribution is 2.09. The van der Waals surface area contributed by atoms with Gasteiger partial charge in [-0.1, -0.05) is 0 Å². The fourth-order valence-corrected chi connectivity index (χ4v) is 0. The third-order valence-electron chi connectivity index (χ3n) is 0.376. The highest BCUT2D eigenvalue weighted by molar-refractivity contribution is 14.0. The van der Waals surface area contributed by atoms with Gasteiger partial charge in [0.25, 0.3) is 0 Å². The van der Waals surface area contributed by atoms with E-state index in [1.165, 1.54) is 0 Å². The SMILES string of the molecule is CC(F)(F)C(=O)O.CC(F)F.I.O.O=C=O. The van der Waals surface area contributed by atoms with Crippen LogP contribution in [0.5, 0.6) is 0 Å². The van der Waals surface area contributed by atoms with Crippen LogP contribution in [0.3, 0.4) is 0 Å². The van der Waals surface area contributed by atoms with E-state index in [0.717, 1.165) is 6.92 Å². The molecule has 5 nitrogen and oxygen atoms in total. The second-order valence-corrected chi connectivity index (χ2v) is 1.80. The average Bonchev–Trinajstić information content (AvgIpc) is 1.84. The number of carboxylic acids is 1. The van der Waals surface area contributed by atoms with Crippen molar-refractivity contribution in [2.24, 2.45) is 0 Å². The van der Waals surface area contributed by atoms with Crippen LogP contribution in [0.15, 0.2) is 0 Å². The number of halogens is 5. The van der Waals surface area contributed by atoms with Gasteiger partial charge in [-0.05, 0) is 6.92 Å². The zero-order valence-corrected chi connectivity index (χ0v) is 10.5. The zero-order valence-electron chi connectivity index (χ0n) is 8.17. The van der Waals surface area contributed by atoms with Gasteiger partial charge in [0.1, 0.15) is 0 Å². The van der Waals surface area contributed by atoms with Crippen molar-refractivity contribution < 1.29 is 42.5 Å². The molecule has 0 aromatic rings. The van der Waals surface area contributed by atoms with Gasteiger partial charge in [-0.2, -0.15) is 18.4 Å². The van der Waals surface area contributed by atoms with Gasteiger partial charge in [0, 0.05) is 6.92 Å². The van der Waals surface area contributed by atoms with E-state index in [4.69, 9.17) is 14.7 Å². The number of carbonyl (C=O) groups excluding carboxylic acids is 2. The minimum Gasteiger partial charge on any atom is -0.477 e. The van der Waals surface area contributed by atoms with E-state index >= 15 is 0 Å². The first-order valence-electron chi connectivity index (χ1n) is 2.98. The maximum absolute atomic E-state index is 11.2. The van der Waals surface area contributed by atoms with Crippen molar-refractivity contribution in [3.63, 3.8) is 0 Å². The van der Waals surface area contributed by atoms with E-state index in [2.05, 4.69) is 0 Å². The molecule has 0 bridgehead atoms. The van der Waals surface area contributed by atoms with Gasteiger partial charge in [0.05, 0.1) is 0 Å². The summed E-state index contributed by atoms with van der Waals surface area (Å²) in [7, 11) is 0. The molecule has 0 heterocycles. The van der Waals surface area contributed by atoms with Gasteiger partial charge in [-0.3, -0.25) is 0 Å². The van der Waals surface area contributed by atoms with E-state index in [-0.39, 0.29) is 35.6 Å². The lowest BCUT2D eigenvalue weighted by molar-refractivity contribution is -0.191. The van der Waals surface area contributed by atoms with Crippen LogP contribution in [0.25, 0.3) is 0 Å². The van der Waals surface area contributed by atoms with E-state index in [1.54, 1.807) is 0 Å². The summed E-state index contributed by atoms with van der Waals surface area (Å²) in [4.78, 5) is 25.5. The predicted octanol–water partition coefficient (Wildman–Crippen LogP) is 1.21. The molecule has 0 spiro atoms. The lowest BCUT2D eigenvalue weighted by Crippen LogP contribution is -2.22. The monoisotopic (exact) mass is 366 g/mol. The quantitative estimate of drug-likeness (QED) is 0.557. The molecule has 0 fully saturated rings. The molecule has 10 heteroatoms. The Labute approximate surface area is 105 Å². The molecule has 0 amide bonds. The predicted molar refractivity (Wildman–Crippen MR) is 54.0 cm³/mol. The van der Waals surface area contributed by atoms with Gasteiger partial charge in [0.2, 0.25) is 6.43 Å². The Balaban J connectivity index is -0.0000000393. The van der Waals surface area contributed by atoms with Gasteiger partial charge in [0.15, 0.2) is 0 Å². The molecular formula is C6H11F4IO5. The van der Waals surface area contributed by atoms with Crippen LogP contribution in [-0.2, 0) is 14.4 Å². The molecule has 100 valence electrons. The summed E-state index contributed by atoms with van der Waals surface area (Å²) in [6.07, 6.45) is -1.92. The lowest BCUT2D eigenvalue weighted by Gasteiger charge is -1.98. The van der Waals surface area contributed by atoms with Crippen LogP contribution >= 0.6 is 24.0 Å². The Morgan fingerprint density at radius 1 is 1.31 bits per heavy atom. The Bertz CT molecular complexity index is 185. The lowest BCUT2D eigenvalue weighted by atomic mass is 10.4. The maximum Gasteiger partial charge on any atom is 0.374 e. The van der Waals surface area contributed by atoms with E-state index in [9.17, 15) is 22.4 Å². The normalized spacial score (nSPS) is 7.69. The molecular weight excluding hydrogens is 355 g/mol. The minimum absolute atomic E-state index is 0. The molecule has 3 N–H and O–H groups in total. The summed E-state index contributed by atoms with van der Waals surface area (Å²) in [6, 6.07) is 0. The van der Waals surface area contributed by atoms with Gasteiger partial charge < -0.3 is 10.6 Å². The van der Waals surface area contributed by atoms with Crippen molar-refractivity contribution in [1.29, 1.82) is 0 Å². The molecule has 0 aromatic carbocycles. The Kier molecular flexibility index (Phi) is 30.7. The van der Waals surface area contributed by atoms with Crippen LogP contribution < -0.4 is 0 Å². The molecule has 0 unspecified atom stereocenters. The largest absolute Gasteiger partial charge is 0.477 e. The van der Waals surface area contributed by atoms with Gasteiger partial charge in [-0.25, -0.2) is 13.6 Å². The number of carbonyl (C=O) groups is 1. The summed E-state index contributed by atoms with van der Waals surface area (Å²) in [6.45, 7) is 1.16. The van der Waals surface area contributed by atoms with Crippen LogP contribution in [0.2, 0.25) is 0 Å². The van der Waals surface area contributed by atoms with Gasteiger partial charge >= 0.3 is 18.0 Å². The first-order chi connectivity index (χ1) is 6.09. The standard InChI is InChI=1S/C3H4F2O2.C2H4F2.CO2.HI.H2O/c1-3(4,5)2(6)7;1-2(3)4;2-1-3;;/h1H3,(H,6,7);2H,1H3;;1H;1H2. The Morgan fingerprint density at radius 3 is 1.38 bits per heavy atom. The average molecular weight is 366 g/mol. The number of hydrogen-bond acceptors (Lipinski definition) is 3. The molecule has 0 aliphatic heterocycles. The van der Waals surface area contributed by atoms with Crippen molar-refractivity contribution in [2.75, 3.05) is 0 Å². The van der Waals surface area contributed by atoms with Crippen molar-refractivity contribution in [3.8, 4) is 0 Å². The van der Waals surface area contributed by atoms with Crippen molar-refractivity contribution >= 4 is 36.1 Å². The number of alkyl halides is 4. The summed E-state index contributed by atoms with van der Waals surface area (Å²) < 4.78 is 43.2. The smallest absolute Gasteiger partial charge is 0.374 e. The van der Waals surface area contributed by atoms with Crippen molar-refractivity contribution in [2.45, 2.75) is 26.2 Å². The second kappa shape index (κ2) is 16.7.